The number of methoxy groups -OCH3 is 1. The Bertz CT molecular complexity index is 1360. The SMILES string of the molecule is CC(C)CCC[C@@H](C)C1CC[C@H]2[C@]3(C)CC=C4CC(OC(=O)NCCOC(=O)C5(C)COC(=O)OC5)CC[C@]4(C)[C@H]3CC[C@]12C.COCCO.O=C1OCCCO1. The molecule has 0 radical (unpaired) electrons. The summed E-state index contributed by atoms with van der Waals surface area (Å²) in [6.45, 7) is 18.2. The number of esters is 1. The molecule has 4 aliphatic carbocycles. The number of carbonyl (C=O) groups excluding carboxylic acids is 4. The van der Waals surface area contributed by atoms with Crippen molar-refractivity contribution in [2.75, 3.05) is 59.9 Å². The van der Waals surface area contributed by atoms with Gasteiger partial charge in [0.1, 0.15) is 31.3 Å². The van der Waals surface area contributed by atoms with Gasteiger partial charge in [0.25, 0.3) is 0 Å². The topological polar surface area (TPSA) is 165 Å². The van der Waals surface area contributed by atoms with E-state index in [-0.39, 0.29) is 44.5 Å². The fourth-order valence-corrected chi connectivity index (χ4v) is 11.2. The number of fused-ring (bicyclic) bond motifs is 5. The average Bonchev–Trinajstić information content (AvgIpc) is 3.54. The maximum atomic E-state index is 12.6. The fourth-order valence-electron chi connectivity index (χ4n) is 11.2. The van der Waals surface area contributed by atoms with Gasteiger partial charge in [0.2, 0.25) is 0 Å². The van der Waals surface area contributed by atoms with Crippen LogP contribution in [0.25, 0.3) is 0 Å². The van der Waals surface area contributed by atoms with Crippen LogP contribution < -0.4 is 5.32 Å². The summed E-state index contributed by atoms with van der Waals surface area (Å²) in [6, 6.07) is 0. The summed E-state index contributed by atoms with van der Waals surface area (Å²) in [5.41, 5.74) is 1.41. The number of hydrogen-bond acceptors (Lipinski definition) is 12. The van der Waals surface area contributed by atoms with Gasteiger partial charge in [-0.05, 0) is 97.7 Å². The van der Waals surface area contributed by atoms with E-state index in [4.69, 9.17) is 24.1 Å². The molecule has 2 aliphatic heterocycles. The third kappa shape index (κ3) is 11.6. The summed E-state index contributed by atoms with van der Waals surface area (Å²) in [7, 11) is 1.55. The largest absolute Gasteiger partial charge is 0.508 e. The summed E-state index contributed by atoms with van der Waals surface area (Å²) in [5, 5.41) is 10.7. The lowest BCUT2D eigenvalue weighted by molar-refractivity contribution is -0.165. The van der Waals surface area contributed by atoms with Gasteiger partial charge >= 0.3 is 24.4 Å². The Hall–Kier alpha value is -3.06. The van der Waals surface area contributed by atoms with Crippen LogP contribution in [0.1, 0.15) is 126 Å². The van der Waals surface area contributed by atoms with Crippen molar-refractivity contribution in [1.82, 2.24) is 5.32 Å². The van der Waals surface area contributed by atoms with Gasteiger partial charge in [0.05, 0.1) is 33.0 Å². The first kappa shape index (κ1) is 46.6. The number of amides is 1. The molecule has 3 saturated carbocycles. The summed E-state index contributed by atoms with van der Waals surface area (Å²) in [6.07, 6.45) is 14.8. The van der Waals surface area contributed by atoms with Crippen molar-refractivity contribution in [2.45, 2.75) is 132 Å². The molecule has 2 heterocycles. The number of rotatable bonds is 12. The van der Waals surface area contributed by atoms with Crippen LogP contribution >= 0.6 is 0 Å². The lowest BCUT2D eigenvalue weighted by atomic mass is 9.41. The van der Waals surface area contributed by atoms with Crippen LogP contribution in [0, 0.1) is 51.2 Å². The Labute approximate surface area is 341 Å². The highest BCUT2D eigenvalue weighted by Gasteiger charge is 2.64. The minimum absolute atomic E-state index is 0.00326. The predicted molar refractivity (Wildman–Crippen MR) is 213 cm³/mol. The first-order valence-corrected chi connectivity index (χ1v) is 21.5. The normalized spacial score (nSPS) is 32.9. The van der Waals surface area contributed by atoms with Crippen LogP contribution in [0.3, 0.4) is 0 Å². The minimum atomic E-state index is -1.05. The summed E-state index contributed by atoms with van der Waals surface area (Å²) < 4.78 is 34.1. The van der Waals surface area contributed by atoms with Gasteiger partial charge < -0.3 is 43.6 Å². The Kier molecular flexibility index (Phi) is 17.0. The molecule has 13 heteroatoms. The van der Waals surface area contributed by atoms with Gasteiger partial charge in [-0.1, -0.05) is 72.5 Å². The summed E-state index contributed by atoms with van der Waals surface area (Å²) >= 11 is 0. The second-order valence-electron chi connectivity index (χ2n) is 18.7. The van der Waals surface area contributed by atoms with E-state index in [1.165, 1.54) is 50.5 Å². The molecule has 2 saturated heterocycles. The molecule has 0 aromatic heterocycles. The molecule has 0 aromatic carbocycles. The van der Waals surface area contributed by atoms with Crippen LogP contribution in [0.5, 0.6) is 0 Å². The van der Waals surface area contributed by atoms with Crippen LogP contribution in [0.2, 0.25) is 0 Å². The first-order valence-electron chi connectivity index (χ1n) is 21.5. The highest BCUT2D eigenvalue weighted by atomic mass is 16.7. The zero-order valence-electron chi connectivity index (χ0n) is 36.1. The molecule has 5 fully saturated rings. The molecule has 0 spiro atoms. The highest BCUT2D eigenvalue weighted by molar-refractivity contribution is 5.78. The molecule has 1 amide bonds. The molecule has 0 aromatic rings. The number of hydrogen-bond donors (Lipinski definition) is 2. The molecule has 57 heavy (non-hydrogen) atoms. The Morgan fingerprint density at radius 1 is 0.877 bits per heavy atom. The van der Waals surface area contributed by atoms with Crippen LogP contribution in [0.15, 0.2) is 11.6 Å². The summed E-state index contributed by atoms with van der Waals surface area (Å²) in [5.74, 6) is 3.40. The standard InChI is InChI=1S/C37H59NO7.C4H6O3.C3H8O2/c1-24(2)9-8-10-25(3)28-11-12-29-36(28,6)18-15-30-35(5)17-14-27(21-26(35)13-16-37(29,30)7)45-32(40)38-19-20-42-31(39)34(4)22-43-33(41)44-23-34;5-4-6-2-1-3-7-4;1-5-3-2-4/h13,24-25,27-30H,8-12,14-23H2,1-7H3,(H,38,40);1-3H2;4H,2-3H2,1H3/t25-,27?,28?,29-,30-,35+,36-,37+;;/m1../s1. The molecule has 8 atom stereocenters. The minimum Gasteiger partial charge on any atom is -0.463 e. The van der Waals surface area contributed by atoms with Crippen molar-refractivity contribution < 1.29 is 57.4 Å². The van der Waals surface area contributed by atoms with E-state index >= 15 is 0 Å². The third-order valence-electron chi connectivity index (χ3n) is 14.2. The smallest absolute Gasteiger partial charge is 0.463 e. The number of nitrogens with one attached hydrogen (secondary N) is 1. The molecule has 6 aliphatic rings. The van der Waals surface area contributed by atoms with Crippen LogP contribution in [0.4, 0.5) is 14.4 Å². The van der Waals surface area contributed by atoms with Gasteiger partial charge in [-0.3, -0.25) is 4.79 Å². The average molecular weight is 808 g/mol. The molecular weight excluding hydrogens is 734 g/mol. The van der Waals surface area contributed by atoms with Crippen molar-refractivity contribution in [2.24, 2.45) is 51.2 Å². The van der Waals surface area contributed by atoms with Crippen molar-refractivity contribution >= 4 is 24.4 Å². The molecule has 2 unspecified atom stereocenters. The zero-order valence-corrected chi connectivity index (χ0v) is 36.1. The number of aliphatic hydroxyl groups is 1. The van der Waals surface area contributed by atoms with E-state index in [9.17, 15) is 19.2 Å². The molecule has 6 rings (SSSR count). The maximum absolute atomic E-state index is 12.6. The third-order valence-corrected chi connectivity index (χ3v) is 14.2. The van der Waals surface area contributed by atoms with Crippen molar-refractivity contribution in [3.63, 3.8) is 0 Å². The summed E-state index contributed by atoms with van der Waals surface area (Å²) in [4.78, 5) is 46.2. The van der Waals surface area contributed by atoms with E-state index < -0.39 is 29.8 Å². The number of ether oxygens (including phenoxy) is 7. The molecular formula is C44H73NO12. The van der Waals surface area contributed by atoms with E-state index in [0.717, 1.165) is 55.8 Å². The second kappa shape index (κ2) is 20.8. The van der Waals surface area contributed by atoms with Gasteiger partial charge in [-0.2, -0.15) is 0 Å². The van der Waals surface area contributed by atoms with E-state index in [1.54, 1.807) is 14.0 Å². The molecule has 2 N–H and O–H groups in total. The number of aliphatic hydroxyl groups excluding tert-OH is 1. The van der Waals surface area contributed by atoms with Crippen molar-refractivity contribution in [3.05, 3.63) is 11.6 Å². The Morgan fingerprint density at radius 3 is 2.16 bits per heavy atom. The lowest BCUT2D eigenvalue weighted by Crippen LogP contribution is -2.56. The lowest BCUT2D eigenvalue weighted by Gasteiger charge is -2.63. The van der Waals surface area contributed by atoms with Gasteiger partial charge in [-0.25, -0.2) is 14.4 Å². The Morgan fingerprint density at radius 2 is 1.56 bits per heavy atom. The first-order chi connectivity index (χ1) is 27.0. The second-order valence-corrected chi connectivity index (χ2v) is 18.7. The number of alkyl carbamates (subject to hydrolysis) is 1. The molecule has 13 nitrogen and oxygen atoms in total. The maximum Gasteiger partial charge on any atom is 0.508 e. The highest BCUT2D eigenvalue weighted by Crippen LogP contribution is 2.72. The van der Waals surface area contributed by atoms with E-state index in [0.29, 0.717) is 36.6 Å². The molecule has 326 valence electrons. The Balaban J connectivity index is 0.000000516. The van der Waals surface area contributed by atoms with Crippen LogP contribution in [-0.4, -0.2) is 95.5 Å². The molecule has 0 bridgehead atoms. The van der Waals surface area contributed by atoms with Crippen molar-refractivity contribution in [1.29, 1.82) is 0 Å². The monoisotopic (exact) mass is 808 g/mol. The zero-order chi connectivity index (χ0) is 41.9. The number of allylic oxidation sites excluding steroid dienone is 1. The number of carbonyl (C=O) groups is 4. The number of cyclic esters (lactones) is 4. The van der Waals surface area contributed by atoms with Crippen LogP contribution in [-0.2, 0) is 38.0 Å². The predicted octanol–water partition coefficient (Wildman–Crippen LogP) is 8.40. The van der Waals surface area contributed by atoms with E-state index in [2.05, 4.69) is 67.1 Å². The van der Waals surface area contributed by atoms with Gasteiger partial charge in [0, 0.05) is 20.0 Å². The van der Waals surface area contributed by atoms with Crippen molar-refractivity contribution in [3.8, 4) is 0 Å². The van der Waals surface area contributed by atoms with E-state index in [1.807, 2.05) is 0 Å². The van der Waals surface area contributed by atoms with Gasteiger partial charge in [-0.15, -0.1) is 0 Å². The quantitative estimate of drug-likeness (QED) is 0.0839. The van der Waals surface area contributed by atoms with Gasteiger partial charge in [0.15, 0.2) is 0 Å². The fraction of sp³-hybridized carbons (Fsp3) is 0.864.